The van der Waals surface area contributed by atoms with E-state index in [-0.39, 0.29) is 18.3 Å². The van der Waals surface area contributed by atoms with Crippen LogP contribution in [0.15, 0.2) is 27.4 Å². The Bertz CT molecular complexity index is 666. The first kappa shape index (κ1) is 13.5. The van der Waals surface area contributed by atoms with Gasteiger partial charge < -0.3 is 9.52 Å². The average Bonchev–Trinajstić information content (AvgIpc) is 2.65. The number of aliphatic hydroxyl groups excluding tert-OH is 1. The van der Waals surface area contributed by atoms with Crippen molar-refractivity contribution in [2.75, 3.05) is 6.61 Å². The van der Waals surface area contributed by atoms with Crippen LogP contribution in [0.3, 0.4) is 0 Å². The summed E-state index contributed by atoms with van der Waals surface area (Å²) in [6.07, 6.45) is 0. The molecule has 0 saturated heterocycles. The Morgan fingerprint density at radius 2 is 2.11 bits per heavy atom. The van der Waals surface area contributed by atoms with Crippen molar-refractivity contribution in [3.05, 3.63) is 34.3 Å². The maximum atomic E-state index is 12.3. The van der Waals surface area contributed by atoms with Crippen LogP contribution in [0.5, 0.6) is 0 Å². The first-order valence-corrected chi connectivity index (χ1v) is 6.20. The molecule has 1 aromatic carbocycles. The van der Waals surface area contributed by atoms with Crippen LogP contribution in [0.2, 0.25) is 0 Å². The molecule has 5 heteroatoms. The van der Waals surface area contributed by atoms with Crippen LogP contribution in [0.4, 0.5) is 0 Å². The molecule has 0 bridgehead atoms. The van der Waals surface area contributed by atoms with E-state index in [0.29, 0.717) is 16.7 Å². The van der Waals surface area contributed by atoms with Crippen LogP contribution in [0, 0.1) is 11.8 Å². The highest BCUT2D eigenvalue weighted by Crippen LogP contribution is 2.20. The molecule has 1 aromatic heterocycles. The molecule has 2 aromatic rings. The smallest absolute Gasteiger partial charge is 0.408 e. The summed E-state index contributed by atoms with van der Waals surface area (Å²) in [5, 5.41) is 9.31. The summed E-state index contributed by atoms with van der Waals surface area (Å²) in [5.74, 6) is -0.946. The topological polar surface area (TPSA) is 72.4 Å². The van der Waals surface area contributed by atoms with Crippen molar-refractivity contribution in [3.63, 3.8) is 0 Å². The van der Waals surface area contributed by atoms with Gasteiger partial charge in [0.15, 0.2) is 11.4 Å². The number of benzene rings is 1. The third-order valence-electron chi connectivity index (χ3n) is 3.41. The van der Waals surface area contributed by atoms with Crippen molar-refractivity contribution in [3.8, 4) is 0 Å². The number of Topliss-reactive ketones (excluding diaryl/α,β-unsaturated/α-hetero) is 1. The standard InChI is InChI=1S/C14H17NO4/c1-8(2)10(7-16)13(17)9-4-5-12-11(6-9)15(3)14(18)19-12/h4-6,8,10,16H,7H2,1-3H3. The number of fused-ring (bicyclic) bond motifs is 1. The first-order valence-electron chi connectivity index (χ1n) is 6.20. The monoisotopic (exact) mass is 263 g/mol. The number of carbonyl (C=O) groups excluding carboxylic acids is 1. The highest BCUT2D eigenvalue weighted by Gasteiger charge is 2.23. The summed E-state index contributed by atoms with van der Waals surface area (Å²) < 4.78 is 6.37. The number of hydrogen-bond acceptors (Lipinski definition) is 4. The van der Waals surface area contributed by atoms with E-state index in [4.69, 9.17) is 4.42 Å². The maximum absolute atomic E-state index is 12.3. The molecule has 0 fully saturated rings. The second-order valence-corrected chi connectivity index (χ2v) is 5.01. The van der Waals surface area contributed by atoms with Crippen LogP contribution in [0.1, 0.15) is 24.2 Å². The Balaban J connectivity index is 2.48. The second kappa shape index (κ2) is 5.01. The van der Waals surface area contributed by atoms with Gasteiger partial charge in [-0.05, 0) is 24.1 Å². The molecular weight excluding hydrogens is 246 g/mol. The number of hydrogen-bond donors (Lipinski definition) is 1. The Hall–Kier alpha value is -1.88. The number of carbonyl (C=O) groups is 1. The van der Waals surface area contributed by atoms with Crippen molar-refractivity contribution in [1.82, 2.24) is 4.57 Å². The molecule has 0 saturated carbocycles. The SMILES string of the molecule is CC(C)C(CO)C(=O)c1ccc2oc(=O)n(C)c2c1. The largest absolute Gasteiger partial charge is 0.419 e. The molecule has 0 aliphatic carbocycles. The normalized spacial score (nSPS) is 13.1. The van der Waals surface area contributed by atoms with E-state index < -0.39 is 11.7 Å². The van der Waals surface area contributed by atoms with Gasteiger partial charge in [0.25, 0.3) is 0 Å². The lowest BCUT2D eigenvalue weighted by Crippen LogP contribution is -2.24. The summed E-state index contributed by atoms with van der Waals surface area (Å²) in [4.78, 5) is 23.7. The molecule has 1 atom stereocenters. The second-order valence-electron chi connectivity index (χ2n) is 5.01. The fourth-order valence-electron chi connectivity index (χ4n) is 2.09. The molecule has 1 unspecified atom stereocenters. The van der Waals surface area contributed by atoms with Crippen LogP contribution >= 0.6 is 0 Å². The molecular formula is C14H17NO4. The Morgan fingerprint density at radius 3 is 2.68 bits per heavy atom. The minimum Gasteiger partial charge on any atom is -0.408 e. The summed E-state index contributed by atoms with van der Waals surface area (Å²) in [7, 11) is 1.59. The molecule has 0 radical (unpaired) electrons. The molecule has 0 aliphatic rings. The molecule has 0 aliphatic heterocycles. The van der Waals surface area contributed by atoms with E-state index in [9.17, 15) is 14.7 Å². The third kappa shape index (κ3) is 2.33. The molecule has 1 heterocycles. The van der Waals surface area contributed by atoms with Gasteiger partial charge in [-0.1, -0.05) is 13.8 Å². The van der Waals surface area contributed by atoms with E-state index >= 15 is 0 Å². The van der Waals surface area contributed by atoms with Gasteiger partial charge in [-0.25, -0.2) is 4.79 Å². The summed E-state index contributed by atoms with van der Waals surface area (Å²) in [5.41, 5.74) is 1.52. The summed E-state index contributed by atoms with van der Waals surface area (Å²) in [6, 6.07) is 4.87. The average molecular weight is 263 g/mol. The van der Waals surface area contributed by atoms with Crippen LogP contribution in [0.25, 0.3) is 11.1 Å². The number of oxazole rings is 1. The lowest BCUT2D eigenvalue weighted by atomic mass is 9.88. The first-order chi connectivity index (χ1) is 8.95. The van der Waals surface area contributed by atoms with E-state index in [1.54, 1.807) is 25.2 Å². The van der Waals surface area contributed by atoms with Gasteiger partial charge in [0.1, 0.15) is 0 Å². The lowest BCUT2D eigenvalue weighted by molar-refractivity contribution is 0.0807. The van der Waals surface area contributed by atoms with Crippen molar-refractivity contribution >= 4 is 16.9 Å². The fraction of sp³-hybridized carbons (Fsp3) is 0.429. The van der Waals surface area contributed by atoms with Crippen LogP contribution in [-0.4, -0.2) is 22.1 Å². The van der Waals surface area contributed by atoms with Gasteiger partial charge in [-0.15, -0.1) is 0 Å². The highest BCUT2D eigenvalue weighted by atomic mass is 16.4. The van der Waals surface area contributed by atoms with Gasteiger partial charge in [-0.3, -0.25) is 9.36 Å². The number of aliphatic hydroxyl groups is 1. The molecule has 19 heavy (non-hydrogen) atoms. The van der Waals surface area contributed by atoms with Gasteiger partial charge in [-0.2, -0.15) is 0 Å². The third-order valence-corrected chi connectivity index (χ3v) is 3.41. The zero-order valence-electron chi connectivity index (χ0n) is 11.2. The van der Waals surface area contributed by atoms with Crippen molar-refractivity contribution in [2.24, 2.45) is 18.9 Å². The van der Waals surface area contributed by atoms with Gasteiger partial charge in [0.05, 0.1) is 12.1 Å². The molecule has 0 spiro atoms. The lowest BCUT2D eigenvalue weighted by Gasteiger charge is -2.16. The zero-order valence-corrected chi connectivity index (χ0v) is 11.2. The summed E-state index contributed by atoms with van der Waals surface area (Å²) in [6.45, 7) is 3.61. The maximum Gasteiger partial charge on any atom is 0.419 e. The van der Waals surface area contributed by atoms with E-state index in [1.807, 2.05) is 13.8 Å². The van der Waals surface area contributed by atoms with E-state index in [1.165, 1.54) is 4.57 Å². The Labute approximate surface area is 110 Å². The van der Waals surface area contributed by atoms with Crippen molar-refractivity contribution in [2.45, 2.75) is 13.8 Å². The fourth-order valence-corrected chi connectivity index (χ4v) is 2.09. The predicted molar refractivity (Wildman–Crippen MR) is 71.2 cm³/mol. The predicted octanol–water partition coefficient (Wildman–Crippen LogP) is 1.58. The highest BCUT2D eigenvalue weighted by molar-refractivity contribution is 6.00. The molecule has 0 amide bonds. The number of nitrogens with zero attached hydrogens (tertiary/aromatic N) is 1. The number of rotatable bonds is 4. The molecule has 5 nitrogen and oxygen atoms in total. The molecule has 102 valence electrons. The summed E-state index contributed by atoms with van der Waals surface area (Å²) >= 11 is 0. The Kier molecular flexibility index (Phi) is 3.57. The van der Waals surface area contributed by atoms with Gasteiger partial charge in [0.2, 0.25) is 0 Å². The quantitative estimate of drug-likeness (QED) is 0.850. The number of aromatic nitrogens is 1. The van der Waals surface area contributed by atoms with Crippen molar-refractivity contribution < 1.29 is 14.3 Å². The van der Waals surface area contributed by atoms with Gasteiger partial charge >= 0.3 is 5.76 Å². The minimum atomic E-state index is -0.456. The van der Waals surface area contributed by atoms with E-state index in [0.717, 1.165) is 0 Å². The zero-order chi connectivity index (χ0) is 14.2. The number of ketones is 1. The van der Waals surface area contributed by atoms with Crippen molar-refractivity contribution in [1.29, 1.82) is 0 Å². The molecule has 2 rings (SSSR count). The van der Waals surface area contributed by atoms with Crippen LogP contribution in [-0.2, 0) is 7.05 Å². The Morgan fingerprint density at radius 1 is 1.42 bits per heavy atom. The number of aryl methyl sites for hydroxylation is 1. The van der Waals surface area contributed by atoms with Gasteiger partial charge in [0, 0.05) is 18.5 Å². The molecule has 1 N–H and O–H groups in total. The van der Waals surface area contributed by atoms with E-state index in [2.05, 4.69) is 0 Å². The minimum absolute atomic E-state index is 0.0568. The van der Waals surface area contributed by atoms with Crippen LogP contribution < -0.4 is 5.76 Å².